The number of para-hydroxylation sites is 1. The Hall–Kier alpha value is -1.06. The molecule has 0 spiro atoms. The first kappa shape index (κ1) is 16.0. The van der Waals surface area contributed by atoms with E-state index in [2.05, 4.69) is 31.3 Å². The van der Waals surface area contributed by atoms with Crippen LogP contribution in [0.2, 0.25) is 0 Å². The van der Waals surface area contributed by atoms with Gasteiger partial charge in [-0.05, 0) is 46.2 Å². The molecule has 0 saturated heterocycles. The van der Waals surface area contributed by atoms with Crippen LogP contribution in [0.25, 0.3) is 0 Å². The maximum atomic E-state index is 5.60. The molecule has 0 aromatic heterocycles. The molecule has 0 unspecified atom stereocenters. The molecule has 0 amide bonds. The molecule has 3 heteroatoms. The van der Waals surface area contributed by atoms with E-state index in [0.717, 1.165) is 38.3 Å². The zero-order chi connectivity index (χ0) is 13.9. The summed E-state index contributed by atoms with van der Waals surface area (Å²) in [4.78, 5) is 0. The van der Waals surface area contributed by atoms with Gasteiger partial charge in [-0.2, -0.15) is 0 Å². The van der Waals surface area contributed by atoms with Gasteiger partial charge in [-0.1, -0.05) is 18.2 Å². The molecule has 0 saturated carbocycles. The van der Waals surface area contributed by atoms with Crippen LogP contribution in [0.1, 0.15) is 39.2 Å². The van der Waals surface area contributed by atoms with Crippen LogP contribution in [-0.4, -0.2) is 25.9 Å². The topological polar surface area (TPSA) is 30.5 Å². The van der Waals surface area contributed by atoms with Crippen molar-refractivity contribution in [2.75, 3.05) is 19.8 Å². The van der Waals surface area contributed by atoms with Crippen LogP contribution in [0.3, 0.4) is 0 Å². The number of ether oxygens (including phenoxy) is 2. The minimum atomic E-state index is 0.339. The lowest BCUT2D eigenvalue weighted by molar-refractivity contribution is 0.0760. The third kappa shape index (κ3) is 7.19. The molecule has 1 N–H and O–H groups in total. The molecule has 0 fully saturated rings. The predicted octanol–water partition coefficient (Wildman–Crippen LogP) is 3.38. The van der Waals surface area contributed by atoms with Crippen molar-refractivity contribution in [3.05, 3.63) is 29.8 Å². The predicted molar refractivity (Wildman–Crippen MR) is 79.6 cm³/mol. The lowest BCUT2D eigenvalue weighted by atomic mass is 10.2. The van der Waals surface area contributed by atoms with Crippen LogP contribution in [0.5, 0.6) is 5.75 Å². The Kier molecular flexibility index (Phi) is 8.26. The van der Waals surface area contributed by atoms with Crippen molar-refractivity contribution >= 4 is 0 Å². The van der Waals surface area contributed by atoms with Gasteiger partial charge in [-0.15, -0.1) is 0 Å². The second-order valence-electron chi connectivity index (χ2n) is 4.84. The number of nitrogens with one attached hydrogen (secondary N) is 1. The van der Waals surface area contributed by atoms with Gasteiger partial charge in [0.1, 0.15) is 5.75 Å². The van der Waals surface area contributed by atoms with E-state index in [4.69, 9.17) is 9.47 Å². The average molecular weight is 265 g/mol. The van der Waals surface area contributed by atoms with Crippen molar-refractivity contribution in [3.63, 3.8) is 0 Å². The summed E-state index contributed by atoms with van der Waals surface area (Å²) in [6.07, 6.45) is 2.59. The Balaban J connectivity index is 2.15. The summed E-state index contributed by atoms with van der Waals surface area (Å²) in [5.74, 6) is 0.987. The second-order valence-corrected chi connectivity index (χ2v) is 4.84. The van der Waals surface area contributed by atoms with Gasteiger partial charge in [-0.25, -0.2) is 0 Å². The van der Waals surface area contributed by atoms with Crippen molar-refractivity contribution in [3.8, 4) is 5.75 Å². The van der Waals surface area contributed by atoms with Gasteiger partial charge in [0.15, 0.2) is 0 Å². The van der Waals surface area contributed by atoms with Crippen LogP contribution in [0.15, 0.2) is 24.3 Å². The zero-order valence-electron chi connectivity index (χ0n) is 12.4. The summed E-state index contributed by atoms with van der Waals surface area (Å²) in [5.41, 5.74) is 1.22. The Morgan fingerprint density at radius 3 is 2.68 bits per heavy atom. The monoisotopic (exact) mass is 265 g/mol. The average Bonchev–Trinajstić information content (AvgIpc) is 2.39. The van der Waals surface area contributed by atoms with Crippen LogP contribution in [0, 0.1) is 0 Å². The SMILES string of the molecule is CCOc1ccccc1CNCCCCOC(C)C. The van der Waals surface area contributed by atoms with Crippen molar-refractivity contribution in [1.82, 2.24) is 5.32 Å². The van der Waals surface area contributed by atoms with Gasteiger partial charge in [0, 0.05) is 18.7 Å². The number of hydrogen-bond donors (Lipinski definition) is 1. The van der Waals surface area contributed by atoms with Crippen LogP contribution in [0.4, 0.5) is 0 Å². The fourth-order valence-corrected chi connectivity index (χ4v) is 1.84. The summed E-state index contributed by atoms with van der Waals surface area (Å²) >= 11 is 0. The molecule has 0 radical (unpaired) electrons. The van der Waals surface area contributed by atoms with E-state index in [9.17, 15) is 0 Å². The lowest BCUT2D eigenvalue weighted by Gasteiger charge is -2.11. The molecular weight excluding hydrogens is 238 g/mol. The number of rotatable bonds is 10. The van der Waals surface area contributed by atoms with E-state index in [1.165, 1.54) is 5.56 Å². The van der Waals surface area contributed by atoms with Gasteiger partial charge in [0.05, 0.1) is 12.7 Å². The van der Waals surface area contributed by atoms with Crippen molar-refractivity contribution < 1.29 is 9.47 Å². The maximum Gasteiger partial charge on any atom is 0.123 e. The molecule has 19 heavy (non-hydrogen) atoms. The Bertz CT molecular complexity index is 339. The fraction of sp³-hybridized carbons (Fsp3) is 0.625. The Morgan fingerprint density at radius 2 is 1.95 bits per heavy atom. The van der Waals surface area contributed by atoms with Crippen molar-refractivity contribution in [2.24, 2.45) is 0 Å². The smallest absolute Gasteiger partial charge is 0.123 e. The minimum Gasteiger partial charge on any atom is -0.494 e. The van der Waals surface area contributed by atoms with Crippen LogP contribution >= 0.6 is 0 Å². The molecule has 0 bridgehead atoms. The highest BCUT2D eigenvalue weighted by Gasteiger charge is 2.01. The van der Waals surface area contributed by atoms with E-state index in [1.54, 1.807) is 0 Å². The standard InChI is InChI=1S/C16H27NO2/c1-4-18-16-10-6-5-9-15(16)13-17-11-7-8-12-19-14(2)3/h5-6,9-10,14,17H,4,7-8,11-13H2,1-3H3. The van der Waals surface area contributed by atoms with Gasteiger partial charge in [-0.3, -0.25) is 0 Å². The highest BCUT2D eigenvalue weighted by atomic mass is 16.5. The molecular formula is C16H27NO2. The molecule has 1 aromatic carbocycles. The summed E-state index contributed by atoms with van der Waals surface area (Å²) in [7, 11) is 0. The summed E-state index contributed by atoms with van der Waals surface area (Å²) < 4.78 is 11.1. The highest BCUT2D eigenvalue weighted by molar-refractivity contribution is 5.33. The van der Waals surface area contributed by atoms with Crippen LogP contribution in [-0.2, 0) is 11.3 Å². The number of unbranched alkanes of at least 4 members (excludes halogenated alkanes) is 1. The van der Waals surface area contributed by atoms with E-state index in [0.29, 0.717) is 12.7 Å². The molecule has 1 aromatic rings. The van der Waals surface area contributed by atoms with Crippen molar-refractivity contribution in [2.45, 2.75) is 46.3 Å². The summed E-state index contributed by atoms with van der Waals surface area (Å²) in [6.45, 7) is 9.60. The summed E-state index contributed by atoms with van der Waals surface area (Å²) in [5, 5.41) is 3.45. The molecule has 0 aliphatic heterocycles. The first-order valence-corrected chi connectivity index (χ1v) is 7.27. The maximum absolute atomic E-state index is 5.60. The zero-order valence-corrected chi connectivity index (χ0v) is 12.4. The number of benzene rings is 1. The minimum absolute atomic E-state index is 0.339. The van der Waals surface area contributed by atoms with Gasteiger partial charge in [0.2, 0.25) is 0 Å². The van der Waals surface area contributed by atoms with Gasteiger partial charge in [0.25, 0.3) is 0 Å². The molecule has 0 aliphatic carbocycles. The highest BCUT2D eigenvalue weighted by Crippen LogP contribution is 2.17. The molecule has 108 valence electrons. The largest absolute Gasteiger partial charge is 0.494 e. The first-order valence-electron chi connectivity index (χ1n) is 7.27. The van der Waals surface area contributed by atoms with E-state index < -0.39 is 0 Å². The first-order chi connectivity index (χ1) is 9.24. The summed E-state index contributed by atoms with van der Waals surface area (Å²) in [6, 6.07) is 8.20. The number of hydrogen-bond acceptors (Lipinski definition) is 3. The van der Waals surface area contributed by atoms with E-state index >= 15 is 0 Å². The Labute approximate surface area is 117 Å². The van der Waals surface area contributed by atoms with Crippen molar-refractivity contribution in [1.29, 1.82) is 0 Å². The van der Waals surface area contributed by atoms with Gasteiger partial charge < -0.3 is 14.8 Å². The van der Waals surface area contributed by atoms with Gasteiger partial charge >= 0.3 is 0 Å². The normalized spacial score (nSPS) is 10.9. The molecule has 1 rings (SSSR count). The Morgan fingerprint density at radius 1 is 1.16 bits per heavy atom. The lowest BCUT2D eigenvalue weighted by Crippen LogP contribution is -2.16. The fourth-order valence-electron chi connectivity index (χ4n) is 1.84. The quantitative estimate of drug-likeness (QED) is 0.658. The molecule has 0 heterocycles. The van der Waals surface area contributed by atoms with Crippen LogP contribution < -0.4 is 10.1 Å². The third-order valence-corrected chi connectivity index (χ3v) is 2.79. The van der Waals surface area contributed by atoms with E-state index in [1.807, 2.05) is 19.1 Å². The third-order valence-electron chi connectivity index (χ3n) is 2.79. The molecule has 0 atom stereocenters. The second kappa shape index (κ2) is 9.82. The molecule has 0 aliphatic rings. The molecule has 3 nitrogen and oxygen atoms in total. The van der Waals surface area contributed by atoms with E-state index in [-0.39, 0.29) is 0 Å².